The SMILES string of the molecule is CCNC(=NCC1(Sc2ccccc2)CC1)N1CCN(C(=O)c2ccco2)CC1. The van der Waals surface area contributed by atoms with E-state index in [0.717, 1.165) is 32.1 Å². The second-order valence-electron chi connectivity index (χ2n) is 7.52. The minimum atomic E-state index is -0.0345. The van der Waals surface area contributed by atoms with Gasteiger partial charge < -0.3 is 19.5 Å². The Morgan fingerprint density at radius 3 is 2.45 bits per heavy atom. The summed E-state index contributed by atoms with van der Waals surface area (Å²) < 4.78 is 5.49. The second-order valence-corrected chi connectivity index (χ2v) is 9.07. The van der Waals surface area contributed by atoms with Gasteiger partial charge in [0.15, 0.2) is 11.7 Å². The fraction of sp³-hybridized carbons (Fsp3) is 0.455. The minimum absolute atomic E-state index is 0.0345. The van der Waals surface area contributed by atoms with Crippen molar-refractivity contribution in [2.24, 2.45) is 4.99 Å². The Labute approximate surface area is 176 Å². The standard InChI is InChI=1S/C22H28N4O2S/c1-2-23-21(24-17-22(10-11-22)29-18-7-4-3-5-8-18)26-14-12-25(13-15-26)20(27)19-9-6-16-28-19/h3-9,16H,2,10-15,17H2,1H3,(H,23,24). The zero-order valence-corrected chi connectivity index (χ0v) is 17.7. The highest BCUT2D eigenvalue weighted by Crippen LogP contribution is 2.51. The van der Waals surface area contributed by atoms with Crippen LogP contribution >= 0.6 is 11.8 Å². The number of amides is 1. The van der Waals surface area contributed by atoms with E-state index in [1.165, 1.54) is 17.7 Å². The lowest BCUT2D eigenvalue weighted by atomic mass is 10.3. The van der Waals surface area contributed by atoms with Crippen LogP contribution in [0.4, 0.5) is 0 Å². The van der Waals surface area contributed by atoms with E-state index in [9.17, 15) is 4.79 Å². The van der Waals surface area contributed by atoms with Gasteiger partial charge in [-0.2, -0.15) is 0 Å². The lowest BCUT2D eigenvalue weighted by Gasteiger charge is -2.36. The molecule has 1 saturated carbocycles. The van der Waals surface area contributed by atoms with Gasteiger partial charge in [0.25, 0.3) is 5.91 Å². The number of aliphatic imine (C=N–C) groups is 1. The van der Waals surface area contributed by atoms with Gasteiger partial charge in [-0.05, 0) is 44.0 Å². The molecule has 1 amide bonds. The first-order valence-electron chi connectivity index (χ1n) is 10.3. The molecule has 0 atom stereocenters. The Hall–Kier alpha value is -2.41. The molecule has 1 aliphatic heterocycles. The molecule has 2 aliphatic rings. The third-order valence-electron chi connectivity index (χ3n) is 5.34. The highest BCUT2D eigenvalue weighted by molar-refractivity contribution is 8.01. The van der Waals surface area contributed by atoms with Crippen molar-refractivity contribution in [3.8, 4) is 0 Å². The molecule has 29 heavy (non-hydrogen) atoms. The van der Waals surface area contributed by atoms with Crippen LogP contribution in [0.5, 0.6) is 0 Å². The Morgan fingerprint density at radius 2 is 1.83 bits per heavy atom. The van der Waals surface area contributed by atoms with E-state index < -0.39 is 0 Å². The maximum Gasteiger partial charge on any atom is 0.289 e. The smallest absolute Gasteiger partial charge is 0.289 e. The van der Waals surface area contributed by atoms with Crippen molar-refractivity contribution in [2.75, 3.05) is 39.3 Å². The van der Waals surface area contributed by atoms with Gasteiger partial charge in [-0.15, -0.1) is 11.8 Å². The predicted molar refractivity (Wildman–Crippen MR) is 116 cm³/mol. The van der Waals surface area contributed by atoms with Gasteiger partial charge in [0.2, 0.25) is 0 Å². The number of hydrogen-bond donors (Lipinski definition) is 1. The Kier molecular flexibility index (Phi) is 6.13. The van der Waals surface area contributed by atoms with Crippen LogP contribution in [0.15, 0.2) is 63.0 Å². The van der Waals surface area contributed by atoms with Crippen molar-refractivity contribution in [1.29, 1.82) is 0 Å². The number of nitrogens with zero attached hydrogens (tertiary/aromatic N) is 3. The lowest BCUT2D eigenvalue weighted by Crippen LogP contribution is -2.53. The number of hydrogen-bond acceptors (Lipinski definition) is 4. The monoisotopic (exact) mass is 412 g/mol. The molecule has 2 fully saturated rings. The van der Waals surface area contributed by atoms with Crippen LogP contribution in [-0.2, 0) is 0 Å². The zero-order valence-electron chi connectivity index (χ0n) is 16.8. The predicted octanol–water partition coefficient (Wildman–Crippen LogP) is 3.33. The molecule has 1 N–H and O–H groups in total. The number of thioether (sulfide) groups is 1. The van der Waals surface area contributed by atoms with E-state index >= 15 is 0 Å². The maximum absolute atomic E-state index is 12.5. The molecule has 1 saturated heterocycles. The molecule has 1 aromatic heterocycles. The molecule has 2 heterocycles. The summed E-state index contributed by atoms with van der Waals surface area (Å²) in [6.45, 7) is 6.65. The van der Waals surface area contributed by atoms with Gasteiger partial charge in [-0.3, -0.25) is 9.79 Å². The van der Waals surface area contributed by atoms with E-state index in [4.69, 9.17) is 9.41 Å². The van der Waals surface area contributed by atoms with E-state index in [2.05, 4.69) is 47.5 Å². The van der Waals surface area contributed by atoms with Crippen LogP contribution in [0, 0.1) is 0 Å². The van der Waals surface area contributed by atoms with E-state index in [1.54, 1.807) is 18.4 Å². The summed E-state index contributed by atoms with van der Waals surface area (Å²) in [5.74, 6) is 1.33. The molecule has 2 aromatic rings. The van der Waals surface area contributed by atoms with Gasteiger partial charge >= 0.3 is 0 Å². The van der Waals surface area contributed by atoms with Crippen LogP contribution in [-0.4, -0.2) is 65.7 Å². The summed E-state index contributed by atoms with van der Waals surface area (Å²) in [7, 11) is 0. The number of carbonyl (C=O) groups excluding carboxylic acids is 1. The first-order valence-corrected chi connectivity index (χ1v) is 11.1. The molecule has 1 aromatic carbocycles. The van der Waals surface area contributed by atoms with E-state index in [-0.39, 0.29) is 10.7 Å². The number of nitrogens with one attached hydrogen (secondary N) is 1. The molecule has 0 bridgehead atoms. The largest absolute Gasteiger partial charge is 0.459 e. The summed E-state index contributed by atoms with van der Waals surface area (Å²) in [6, 6.07) is 14.1. The fourth-order valence-electron chi connectivity index (χ4n) is 3.49. The van der Waals surface area contributed by atoms with Gasteiger partial charge in [0.1, 0.15) is 0 Å². The Balaban J connectivity index is 1.35. The van der Waals surface area contributed by atoms with Gasteiger partial charge in [-0.25, -0.2) is 0 Å². The van der Waals surface area contributed by atoms with Crippen LogP contribution in [0.1, 0.15) is 30.3 Å². The number of carbonyl (C=O) groups is 1. The average molecular weight is 413 g/mol. The molecule has 0 unspecified atom stereocenters. The van der Waals surface area contributed by atoms with Gasteiger partial charge in [0.05, 0.1) is 12.8 Å². The number of piperazine rings is 1. The molecule has 0 radical (unpaired) electrons. The van der Waals surface area contributed by atoms with Crippen LogP contribution in [0.25, 0.3) is 0 Å². The van der Waals surface area contributed by atoms with E-state index in [1.807, 2.05) is 16.7 Å². The molecular formula is C22H28N4O2S. The topological polar surface area (TPSA) is 61.1 Å². The quantitative estimate of drug-likeness (QED) is 0.583. The maximum atomic E-state index is 12.5. The number of guanidine groups is 1. The Morgan fingerprint density at radius 1 is 1.10 bits per heavy atom. The second kappa shape index (κ2) is 8.95. The van der Waals surface area contributed by atoms with Crippen molar-refractivity contribution < 1.29 is 9.21 Å². The van der Waals surface area contributed by atoms with Gasteiger partial charge in [0, 0.05) is 42.4 Å². The normalized spacial score (nSPS) is 18.6. The molecule has 154 valence electrons. The van der Waals surface area contributed by atoms with Crippen molar-refractivity contribution in [1.82, 2.24) is 15.1 Å². The first-order chi connectivity index (χ1) is 14.2. The summed E-state index contributed by atoms with van der Waals surface area (Å²) in [5, 5.41) is 3.43. The number of rotatable bonds is 6. The number of furan rings is 1. The Bertz CT molecular complexity index is 826. The average Bonchev–Trinajstić information content (AvgIpc) is 3.29. The summed E-state index contributed by atoms with van der Waals surface area (Å²) in [4.78, 5) is 22.9. The summed E-state index contributed by atoms with van der Waals surface area (Å²) in [5.41, 5.74) is 0. The van der Waals surface area contributed by atoms with Crippen molar-refractivity contribution >= 4 is 23.6 Å². The first kappa shape index (κ1) is 19.9. The fourth-order valence-corrected chi connectivity index (χ4v) is 4.72. The third kappa shape index (κ3) is 4.96. The van der Waals surface area contributed by atoms with Crippen molar-refractivity contribution in [3.63, 3.8) is 0 Å². The summed E-state index contributed by atoms with van der Waals surface area (Å²) >= 11 is 1.95. The minimum Gasteiger partial charge on any atom is -0.459 e. The molecule has 4 rings (SSSR count). The highest BCUT2D eigenvalue weighted by atomic mass is 32.2. The summed E-state index contributed by atoms with van der Waals surface area (Å²) in [6.07, 6.45) is 3.96. The number of benzene rings is 1. The molecule has 0 spiro atoms. The highest BCUT2D eigenvalue weighted by Gasteiger charge is 2.43. The van der Waals surface area contributed by atoms with Crippen LogP contribution < -0.4 is 5.32 Å². The molecule has 7 heteroatoms. The molecule has 1 aliphatic carbocycles. The van der Waals surface area contributed by atoms with Gasteiger partial charge in [-0.1, -0.05) is 18.2 Å². The van der Waals surface area contributed by atoms with Crippen LogP contribution in [0.3, 0.4) is 0 Å². The van der Waals surface area contributed by atoms with Crippen molar-refractivity contribution in [3.05, 3.63) is 54.5 Å². The molecule has 6 nitrogen and oxygen atoms in total. The zero-order chi connectivity index (χ0) is 20.1. The van der Waals surface area contributed by atoms with Crippen LogP contribution in [0.2, 0.25) is 0 Å². The molecular weight excluding hydrogens is 384 g/mol. The third-order valence-corrected chi connectivity index (χ3v) is 6.81. The van der Waals surface area contributed by atoms with E-state index in [0.29, 0.717) is 18.8 Å². The lowest BCUT2D eigenvalue weighted by molar-refractivity contribution is 0.0657. The van der Waals surface area contributed by atoms with Crippen molar-refractivity contribution in [2.45, 2.75) is 29.4 Å².